The Labute approximate surface area is 69.6 Å². The van der Waals surface area contributed by atoms with Crippen molar-refractivity contribution >= 4 is 0 Å². The summed E-state index contributed by atoms with van der Waals surface area (Å²) in [4.78, 5) is 0. The Kier molecular flexibility index (Phi) is 6.57. The minimum Gasteiger partial charge on any atom is -0.391 e. The maximum absolute atomic E-state index is 8.84. The zero-order valence-corrected chi connectivity index (χ0v) is 7.84. The van der Waals surface area contributed by atoms with Gasteiger partial charge in [0.1, 0.15) is 0 Å². The molecule has 0 amide bonds. The summed E-state index contributed by atoms with van der Waals surface area (Å²) in [5, 5.41) is 8.84. The van der Waals surface area contributed by atoms with Crippen LogP contribution >= 0.6 is 0 Å². The smallest absolute Gasteiger partial charge is 0.0745 e. The second-order valence-electron chi connectivity index (χ2n) is 3.46. The van der Waals surface area contributed by atoms with Gasteiger partial charge in [0.15, 0.2) is 0 Å². The Morgan fingerprint density at radius 1 is 1.27 bits per heavy atom. The molecular weight excluding hydrogens is 140 g/mol. The third-order valence-electron chi connectivity index (χ3n) is 1.43. The van der Waals surface area contributed by atoms with E-state index < -0.39 is 0 Å². The van der Waals surface area contributed by atoms with Gasteiger partial charge < -0.3 is 9.84 Å². The minimum atomic E-state index is -0.325. The quantitative estimate of drug-likeness (QED) is 0.600. The highest BCUT2D eigenvalue weighted by Gasteiger charge is 1.96. The number of aliphatic hydroxyl groups is 1. The van der Waals surface area contributed by atoms with Gasteiger partial charge in [-0.25, -0.2) is 0 Å². The van der Waals surface area contributed by atoms with Crippen LogP contribution in [0.15, 0.2) is 0 Å². The predicted octanol–water partition coefficient (Wildman–Crippen LogP) is 1.82. The Hall–Kier alpha value is -0.0800. The van der Waals surface area contributed by atoms with Gasteiger partial charge in [-0.05, 0) is 25.7 Å². The zero-order valence-electron chi connectivity index (χ0n) is 7.84. The molecular formula is C9H20O2. The molecule has 1 atom stereocenters. The minimum absolute atomic E-state index is 0.325. The number of hydrogen-bond donors (Lipinski definition) is 1. The van der Waals surface area contributed by atoms with Crippen LogP contribution in [0.25, 0.3) is 0 Å². The lowest BCUT2D eigenvalue weighted by Crippen LogP contribution is -2.11. The molecule has 2 nitrogen and oxygen atoms in total. The first-order chi connectivity index (χ1) is 5.13. The van der Waals surface area contributed by atoms with Crippen LogP contribution in [0.4, 0.5) is 0 Å². The summed E-state index contributed by atoms with van der Waals surface area (Å²) in [7, 11) is 0. The lowest BCUT2D eigenvalue weighted by molar-refractivity contribution is 0.0438. The predicted molar refractivity (Wildman–Crippen MR) is 46.6 cm³/mol. The first kappa shape index (κ1) is 10.9. The van der Waals surface area contributed by atoms with E-state index in [0.29, 0.717) is 6.61 Å². The van der Waals surface area contributed by atoms with Crippen LogP contribution in [0.2, 0.25) is 0 Å². The molecule has 0 aromatic heterocycles. The molecule has 0 aromatic carbocycles. The Morgan fingerprint density at radius 3 is 2.36 bits per heavy atom. The Morgan fingerprint density at radius 2 is 1.91 bits per heavy atom. The fraction of sp³-hybridized carbons (Fsp3) is 1.00. The normalized spacial score (nSPS) is 13.9. The second kappa shape index (κ2) is 6.62. The van der Waals surface area contributed by atoms with Crippen LogP contribution < -0.4 is 0 Å². The van der Waals surface area contributed by atoms with E-state index >= 15 is 0 Å². The third-order valence-corrected chi connectivity index (χ3v) is 1.43. The van der Waals surface area contributed by atoms with Crippen molar-refractivity contribution in [2.45, 2.75) is 39.7 Å². The number of aliphatic hydroxyl groups excluding tert-OH is 1. The molecule has 0 spiro atoms. The zero-order chi connectivity index (χ0) is 8.69. The summed E-state index contributed by atoms with van der Waals surface area (Å²) < 4.78 is 5.20. The lowest BCUT2D eigenvalue weighted by atomic mass is 10.1. The monoisotopic (exact) mass is 160 g/mol. The van der Waals surface area contributed by atoms with Crippen LogP contribution in [0.1, 0.15) is 33.6 Å². The van der Waals surface area contributed by atoms with E-state index in [9.17, 15) is 0 Å². The van der Waals surface area contributed by atoms with Crippen LogP contribution in [0, 0.1) is 5.92 Å². The van der Waals surface area contributed by atoms with E-state index in [-0.39, 0.29) is 6.10 Å². The Balaban J connectivity index is 2.91. The van der Waals surface area contributed by atoms with E-state index in [0.717, 1.165) is 18.9 Å². The van der Waals surface area contributed by atoms with Crippen molar-refractivity contribution in [3.05, 3.63) is 0 Å². The summed E-state index contributed by atoms with van der Waals surface area (Å²) in [6.45, 7) is 7.40. The van der Waals surface area contributed by atoms with E-state index in [2.05, 4.69) is 13.8 Å². The van der Waals surface area contributed by atoms with Crippen molar-refractivity contribution in [1.29, 1.82) is 0 Å². The topological polar surface area (TPSA) is 29.5 Å². The molecule has 0 aromatic rings. The van der Waals surface area contributed by atoms with Crippen molar-refractivity contribution in [1.82, 2.24) is 0 Å². The number of hydrogen-bond acceptors (Lipinski definition) is 2. The maximum atomic E-state index is 8.84. The average molecular weight is 160 g/mol. The lowest BCUT2D eigenvalue weighted by Gasteiger charge is -2.07. The standard InChI is InChI=1S/C9H20O2/c1-8(2)5-4-6-11-7-9(3)10/h8-10H,4-7H2,1-3H3/t9-/m1/s1. The largest absolute Gasteiger partial charge is 0.391 e. The third kappa shape index (κ3) is 9.92. The van der Waals surface area contributed by atoms with Crippen LogP contribution in [0.5, 0.6) is 0 Å². The molecule has 68 valence electrons. The van der Waals surface area contributed by atoms with Crippen molar-refractivity contribution < 1.29 is 9.84 Å². The number of rotatable bonds is 6. The maximum Gasteiger partial charge on any atom is 0.0745 e. The second-order valence-corrected chi connectivity index (χ2v) is 3.46. The Bertz CT molecular complexity index is 69.6. The van der Waals surface area contributed by atoms with Crippen LogP contribution in [-0.4, -0.2) is 24.4 Å². The molecule has 11 heavy (non-hydrogen) atoms. The van der Waals surface area contributed by atoms with Gasteiger partial charge in [0.25, 0.3) is 0 Å². The molecule has 0 bridgehead atoms. The van der Waals surface area contributed by atoms with Crippen LogP contribution in [0.3, 0.4) is 0 Å². The molecule has 0 aliphatic heterocycles. The van der Waals surface area contributed by atoms with Crippen molar-refractivity contribution in [3.63, 3.8) is 0 Å². The fourth-order valence-corrected chi connectivity index (χ4v) is 0.848. The molecule has 0 aliphatic rings. The van der Waals surface area contributed by atoms with Gasteiger partial charge in [0.2, 0.25) is 0 Å². The van der Waals surface area contributed by atoms with Crippen LogP contribution in [-0.2, 0) is 4.74 Å². The molecule has 0 heterocycles. The van der Waals surface area contributed by atoms with Crippen molar-refractivity contribution in [3.8, 4) is 0 Å². The van der Waals surface area contributed by atoms with E-state index in [4.69, 9.17) is 9.84 Å². The van der Waals surface area contributed by atoms with Gasteiger partial charge in [-0.3, -0.25) is 0 Å². The average Bonchev–Trinajstić information content (AvgIpc) is 1.85. The SMILES string of the molecule is CC(C)CCCOC[C@@H](C)O. The summed E-state index contributed by atoms with van der Waals surface area (Å²) in [6, 6.07) is 0. The van der Waals surface area contributed by atoms with Gasteiger partial charge in [-0.15, -0.1) is 0 Å². The molecule has 0 saturated heterocycles. The molecule has 0 unspecified atom stereocenters. The van der Waals surface area contributed by atoms with Gasteiger partial charge in [0.05, 0.1) is 12.7 Å². The fourth-order valence-electron chi connectivity index (χ4n) is 0.848. The summed E-state index contributed by atoms with van der Waals surface area (Å²) in [5.41, 5.74) is 0. The highest BCUT2D eigenvalue weighted by atomic mass is 16.5. The highest BCUT2D eigenvalue weighted by Crippen LogP contribution is 2.02. The molecule has 2 heteroatoms. The van der Waals surface area contributed by atoms with Gasteiger partial charge in [-0.2, -0.15) is 0 Å². The molecule has 0 fully saturated rings. The first-order valence-electron chi connectivity index (χ1n) is 4.38. The van der Waals surface area contributed by atoms with Gasteiger partial charge in [-0.1, -0.05) is 13.8 Å². The first-order valence-corrected chi connectivity index (χ1v) is 4.38. The van der Waals surface area contributed by atoms with E-state index in [1.165, 1.54) is 6.42 Å². The van der Waals surface area contributed by atoms with Gasteiger partial charge >= 0.3 is 0 Å². The summed E-state index contributed by atoms with van der Waals surface area (Å²) >= 11 is 0. The van der Waals surface area contributed by atoms with Gasteiger partial charge in [0, 0.05) is 6.61 Å². The summed E-state index contributed by atoms with van der Waals surface area (Å²) in [5.74, 6) is 0.755. The van der Waals surface area contributed by atoms with Crippen molar-refractivity contribution in [2.75, 3.05) is 13.2 Å². The molecule has 1 N–H and O–H groups in total. The van der Waals surface area contributed by atoms with E-state index in [1.807, 2.05) is 0 Å². The molecule has 0 rings (SSSR count). The highest BCUT2D eigenvalue weighted by molar-refractivity contribution is 4.46. The van der Waals surface area contributed by atoms with E-state index in [1.54, 1.807) is 6.92 Å². The summed E-state index contributed by atoms with van der Waals surface area (Å²) in [6.07, 6.45) is 1.98. The van der Waals surface area contributed by atoms with Crippen molar-refractivity contribution in [2.24, 2.45) is 5.92 Å². The number of ether oxygens (including phenoxy) is 1. The molecule has 0 aliphatic carbocycles. The molecule has 0 radical (unpaired) electrons. The molecule has 0 saturated carbocycles.